The third-order valence-corrected chi connectivity index (χ3v) is 4.88. The molecule has 3 rings (SSSR count). The molecule has 0 aliphatic heterocycles. The van der Waals surface area contributed by atoms with Crippen molar-refractivity contribution in [1.29, 1.82) is 0 Å². The summed E-state index contributed by atoms with van der Waals surface area (Å²) in [6.45, 7) is 4.48. The molecule has 114 valence electrons. The van der Waals surface area contributed by atoms with Gasteiger partial charge in [0.2, 0.25) is 5.95 Å². The summed E-state index contributed by atoms with van der Waals surface area (Å²) in [5.41, 5.74) is 0.0417. The van der Waals surface area contributed by atoms with Gasteiger partial charge in [-0.1, -0.05) is 13.8 Å². The van der Waals surface area contributed by atoms with Crippen molar-refractivity contribution in [2.45, 2.75) is 32.7 Å². The number of hydrogen-bond donors (Lipinski definition) is 2. The number of aromatic nitrogens is 4. The fraction of sp³-hybridized carbons (Fsp3) is 0.643. The Hall–Kier alpha value is -2.05. The van der Waals surface area contributed by atoms with Crippen molar-refractivity contribution in [3.8, 4) is 0 Å². The number of H-pyrrole nitrogens is 1. The van der Waals surface area contributed by atoms with Crippen molar-refractivity contribution in [2.24, 2.45) is 25.9 Å². The minimum atomic E-state index is -0.367. The van der Waals surface area contributed by atoms with Crippen molar-refractivity contribution in [3.05, 3.63) is 20.8 Å². The Kier molecular flexibility index (Phi) is 3.15. The first-order valence-electron chi connectivity index (χ1n) is 7.32. The van der Waals surface area contributed by atoms with Crippen LogP contribution in [0.2, 0.25) is 0 Å². The minimum absolute atomic E-state index is 0.346. The summed E-state index contributed by atoms with van der Waals surface area (Å²) < 4.78 is 2.48. The average Bonchev–Trinajstić information content (AvgIpc) is 3.02. The molecule has 3 atom stereocenters. The Morgan fingerprint density at radius 3 is 2.52 bits per heavy atom. The smallest absolute Gasteiger partial charge is 0.332 e. The quantitative estimate of drug-likeness (QED) is 0.857. The highest BCUT2D eigenvalue weighted by molar-refractivity contribution is 5.72. The van der Waals surface area contributed by atoms with Crippen LogP contribution in [0, 0.1) is 11.8 Å². The molecule has 1 saturated carbocycles. The van der Waals surface area contributed by atoms with Crippen LogP contribution in [0.5, 0.6) is 0 Å². The molecule has 1 aliphatic rings. The predicted molar refractivity (Wildman–Crippen MR) is 81.5 cm³/mol. The molecule has 0 bridgehead atoms. The first kappa shape index (κ1) is 13.9. The number of hydrogen-bond acceptors (Lipinski definition) is 4. The van der Waals surface area contributed by atoms with Crippen LogP contribution in [0.1, 0.15) is 26.7 Å². The van der Waals surface area contributed by atoms with E-state index in [0.717, 1.165) is 11.0 Å². The lowest BCUT2D eigenvalue weighted by molar-refractivity contribution is 0.434. The molecule has 2 aromatic rings. The minimum Gasteiger partial charge on any atom is -0.353 e. The topological polar surface area (TPSA) is 84.7 Å². The van der Waals surface area contributed by atoms with Gasteiger partial charge in [0.05, 0.1) is 0 Å². The van der Waals surface area contributed by atoms with Crippen LogP contribution in [-0.4, -0.2) is 25.1 Å². The van der Waals surface area contributed by atoms with Gasteiger partial charge in [-0.2, -0.15) is 4.98 Å². The maximum absolute atomic E-state index is 12.1. The molecule has 0 radical (unpaired) electrons. The van der Waals surface area contributed by atoms with Crippen molar-refractivity contribution in [2.75, 3.05) is 5.32 Å². The summed E-state index contributed by atoms with van der Waals surface area (Å²) in [6, 6.07) is 0.349. The molecule has 0 aromatic carbocycles. The molecule has 0 spiro atoms. The molecule has 2 N–H and O–H groups in total. The second kappa shape index (κ2) is 4.75. The highest BCUT2D eigenvalue weighted by Crippen LogP contribution is 2.32. The Morgan fingerprint density at radius 2 is 1.90 bits per heavy atom. The summed E-state index contributed by atoms with van der Waals surface area (Å²) in [5, 5.41) is 3.37. The molecular formula is C14H21N5O2. The fourth-order valence-electron chi connectivity index (χ4n) is 3.14. The normalized spacial score (nSPS) is 25.6. The summed E-state index contributed by atoms with van der Waals surface area (Å²) in [5.74, 6) is 1.81. The monoisotopic (exact) mass is 291 g/mol. The number of fused-ring (bicyclic) bond motifs is 1. The molecule has 21 heavy (non-hydrogen) atoms. The zero-order valence-corrected chi connectivity index (χ0v) is 12.8. The van der Waals surface area contributed by atoms with Crippen LogP contribution in [0.4, 0.5) is 5.95 Å². The number of nitrogens with zero attached hydrogens (tertiary/aromatic N) is 3. The highest BCUT2D eigenvalue weighted by atomic mass is 16.2. The van der Waals surface area contributed by atoms with Crippen molar-refractivity contribution in [1.82, 2.24) is 19.1 Å². The first-order valence-corrected chi connectivity index (χ1v) is 7.32. The van der Waals surface area contributed by atoms with E-state index in [1.807, 2.05) is 0 Å². The van der Waals surface area contributed by atoms with Crippen LogP contribution < -0.4 is 16.6 Å². The Bertz CT molecular complexity index is 800. The zero-order chi connectivity index (χ0) is 15.3. The lowest BCUT2D eigenvalue weighted by Gasteiger charge is -2.18. The van der Waals surface area contributed by atoms with E-state index in [-0.39, 0.29) is 11.2 Å². The van der Waals surface area contributed by atoms with Gasteiger partial charge < -0.3 is 10.3 Å². The van der Waals surface area contributed by atoms with E-state index in [1.54, 1.807) is 7.05 Å². The Morgan fingerprint density at radius 1 is 1.19 bits per heavy atom. The third kappa shape index (κ3) is 2.07. The van der Waals surface area contributed by atoms with Crippen LogP contribution >= 0.6 is 0 Å². The van der Waals surface area contributed by atoms with Gasteiger partial charge in [-0.15, -0.1) is 0 Å². The maximum Gasteiger partial charge on any atom is 0.332 e. The van der Waals surface area contributed by atoms with Gasteiger partial charge in [0.25, 0.3) is 5.56 Å². The van der Waals surface area contributed by atoms with Crippen molar-refractivity contribution < 1.29 is 0 Å². The van der Waals surface area contributed by atoms with Gasteiger partial charge in [0, 0.05) is 20.1 Å². The van der Waals surface area contributed by atoms with Gasteiger partial charge in [0.15, 0.2) is 11.2 Å². The zero-order valence-electron chi connectivity index (χ0n) is 12.8. The van der Waals surface area contributed by atoms with E-state index in [9.17, 15) is 9.59 Å². The van der Waals surface area contributed by atoms with E-state index in [4.69, 9.17) is 0 Å². The summed E-state index contributed by atoms with van der Waals surface area (Å²) in [7, 11) is 3.09. The van der Waals surface area contributed by atoms with Crippen LogP contribution in [-0.2, 0) is 14.1 Å². The third-order valence-electron chi connectivity index (χ3n) is 4.88. The van der Waals surface area contributed by atoms with Crippen molar-refractivity contribution in [3.63, 3.8) is 0 Å². The largest absolute Gasteiger partial charge is 0.353 e. The standard InChI is InChI=1S/C14H21N5O2/c1-7-5-6-9(8(7)2)15-13-16-10-11(17-13)18(3)14(21)19(4)12(10)20/h7-9H,5-6H2,1-4H3,(H2,15,16,17). The number of imidazole rings is 1. The highest BCUT2D eigenvalue weighted by Gasteiger charge is 2.30. The van der Waals surface area contributed by atoms with E-state index in [2.05, 4.69) is 29.1 Å². The summed E-state index contributed by atoms with van der Waals surface area (Å²) in [6.07, 6.45) is 2.29. The van der Waals surface area contributed by atoms with Crippen LogP contribution in [0.15, 0.2) is 9.59 Å². The van der Waals surface area contributed by atoms with E-state index >= 15 is 0 Å². The lowest BCUT2D eigenvalue weighted by Crippen LogP contribution is -2.36. The molecule has 3 unspecified atom stereocenters. The van der Waals surface area contributed by atoms with Gasteiger partial charge >= 0.3 is 5.69 Å². The molecular weight excluding hydrogens is 270 g/mol. The SMILES string of the molecule is CC1CCC(Nc2nc3c([nH]2)c(=O)n(C)c(=O)n3C)C1C. The van der Waals surface area contributed by atoms with E-state index < -0.39 is 0 Å². The fourth-order valence-corrected chi connectivity index (χ4v) is 3.14. The second-order valence-corrected chi connectivity index (χ2v) is 6.15. The van der Waals surface area contributed by atoms with Crippen LogP contribution in [0.25, 0.3) is 11.2 Å². The number of anilines is 1. The molecule has 0 saturated heterocycles. The molecule has 0 amide bonds. The van der Waals surface area contributed by atoms with Gasteiger partial charge in [-0.05, 0) is 24.7 Å². The summed E-state index contributed by atoms with van der Waals surface area (Å²) >= 11 is 0. The van der Waals surface area contributed by atoms with E-state index in [1.165, 1.54) is 18.0 Å². The molecule has 1 fully saturated rings. The predicted octanol–water partition coefficient (Wildman–Crippen LogP) is 0.807. The average molecular weight is 291 g/mol. The first-order chi connectivity index (χ1) is 9.90. The molecule has 2 heterocycles. The summed E-state index contributed by atoms with van der Waals surface area (Å²) in [4.78, 5) is 31.4. The molecule has 1 aliphatic carbocycles. The molecule has 7 heteroatoms. The van der Waals surface area contributed by atoms with Gasteiger partial charge in [-0.3, -0.25) is 13.9 Å². The Balaban J connectivity index is 2.03. The lowest BCUT2D eigenvalue weighted by atomic mass is 9.98. The molecule has 2 aromatic heterocycles. The second-order valence-electron chi connectivity index (χ2n) is 6.15. The number of nitrogens with one attached hydrogen (secondary N) is 2. The Labute approximate surface area is 122 Å². The van der Waals surface area contributed by atoms with Crippen molar-refractivity contribution >= 4 is 17.1 Å². The number of rotatable bonds is 2. The van der Waals surface area contributed by atoms with E-state index in [0.29, 0.717) is 35.0 Å². The number of aromatic amines is 1. The number of aryl methyl sites for hydroxylation is 1. The molecule has 7 nitrogen and oxygen atoms in total. The van der Waals surface area contributed by atoms with Crippen LogP contribution in [0.3, 0.4) is 0 Å². The van der Waals surface area contributed by atoms with Gasteiger partial charge in [0.1, 0.15) is 0 Å². The maximum atomic E-state index is 12.1. The van der Waals surface area contributed by atoms with Gasteiger partial charge in [-0.25, -0.2) is 4.79 Å².